The molecule has 3 nitrogen and oxygen atoms in total. The number of ether oxygens (including phenoxy) is 1. The number of hydrogen-bond donors (Lipinski definition) is 2. The molecule has 1 aromatic carbocycles. The number of fused-ring (bicyclic) bond motifs is 1. The van der Waals surface area contributed by atoms with E-state index in [-0.39, 0.29) is 6.10 Å². The molecule has 118 valence electrons. The Balaban J connectivity index is 1.53. The number of benzene rings is 1. The molecule has 0 amide bonds. The summed E-state index contributed by atoms with van der Waals surface area (Å²) < 4.78 is 5.95. The van der Waals surface area contributed by atoms with Crippen molar-refractivity contribution >= 4 is 11.3 Å². The fraction of sp³-hybridized carbons (Fsp3) is 0.444. The summed E-state index contributed by atoms with van der Waals surface area (Å²) in [5.41, 5.74) is 2.73. The second-order valence-corrected chi connectivity index (χ2v) is 6.86. The number of rotatable bonds is 6. The van der Waals surface area contributed by atoms with E-state index in [0.29, 0.717) is 12.6 Å². The molecular weight excluding hydrogens is 294 g/mol. The molecule has 0 saturated carbocycles. The summed E-state index contributed by atoms with van der Waals surface area (Å²) in [6.45, 7) is 3.53. The van der Waals surface area contributed by atoms with E-state index >= 15 is 0 Å². The molecule has 3 rings (SSSR count). The van der Waals surface area contributed by atoms with Crippen LogP contribution in [-0.4, -0.2) is 24.3 Å². The van der Waals surface area contributed by atoms with Gasteiger partial charge in [-0.25, -0.2) is 0 Å². The molecular formula is C18H23NO2S. The van der Waals surface area contributed by atoms with Crippen LogP contribution in [-0.2, 0) is 11.2 Å². The molecule has 1 aliphatic rings. The lowest BCUT2D eigenvalue weighted by Gasteiger charge is -2.28. The maximum atomic E-state index is 10.1. The molecule has 3 atom stereocenters. The molecule has 1 aromatic heterocycles. The van der Waals surface area contributed by atoms with Gasteiger partial charge in [0.25, 0.3) is 0 Å². The summed E-state index contributed by atoms with van der Waals surface area (Å²) in [6.07, 6.45) is 1.66. The lowest BCUT2D eigenvalue weighted by molar-refractivity contribution is 0.0297. The van der Waals surface area contributed by atoms with Crippen LogP contribution in [0.25, 0.3) is 0 Å². The first-order valence-corrected chi connectivity index (χ1v) is 8.76. The Morgan fingerprint density at radius 3 is 3.00 bits per heavy atom. The van der Waals surface area contributed by atoms with E-state index in [1.807, 2.05) is 17.5 Å². The highest BCUT2D eigenvalue weighted by Crippen LogP contribution is 2.30. The number of aliphatic hydroxyl groups is 1. The monoisotopic (exact) mass is 317 g/mol. The van der Waals surface area contributed by atoms with Gasteiger partial charge >= 0.3 is 0 Å². The lowest BCUT2D eigenvalue weighted by atomic mass is 9.94. The number of aliphatic hydroxyl groups excluding tert-OH is 1. The predicted molar refractivity (Wildman–Crippen MR) is 90.2 cm³/mol. The third-order valence-electron chi connectivity index (χ3n) is 4.19. The Hall–Kier alpha value is -1.20. The summed E-state index contributed by atoms with van der Waals surface area (Å²) >= 11 is 1.59. The van der Waals surface area contributed by atoms with Gasteiger partial charge in [-0.2, -0.15) is 0 Å². The van der Waals surface area contributed by atoms with Gasteiger partial charge in [-0.3, -0.25) is 0 Å². The van der Waals surface area contributed by atoms with E-state index in [4.69, 9.17) is 4.74 Å². The molecule has 0 spiro atoms. The maximum absolute atomic E-state index is 10.1. The van der Waals surface area contributed by atoms with Crippen LogP contribution in [0.1, 0.15) is 41.6 Å². The number of thiophene rings is 1. The van der Waals surface area contributed by atoms with Crippen molar-refractivity contribution < 1.29 is 9.84 Å². The second-order valence-electron chi connectivity index (χ2n) is 5.88. The van der Waals surface area contributed by atoms with Gasteiger partial charge in [0.2, 0.25) is 0 Å². The zero-order valence-electron chi connectivity index (χ0n) is 12.9. The molecule has 4 heteroatoms. The Morgan fingerprint density at radius 1 is 1.32 bits per heavy atom. The Morgan fingerprint density at radius 2 is 2.18 bits per heavy atom. The minimum absolute atomic E-state index is 0.159. The predicted octanol–water partition coefficient (Wildman–Crippen LogP) is 3.46. The Bertz CT molecular complexity index is 585. The first-order chi connectivity index (χ1) is 10.7. The van der Waals surface area contributed by atoms with Crippen molar-refractivity contribution in [1.29, 1.82) is 0 Å². The van der Waals surface area contributed by atoms with Crippen LogP contribution in [0.4, 0.5) is 0 Å². The average Bonchev–Trinajstić information content (AvgIpc) is 3.07. The number of nitrogens with one attached hydrogen (secondary N) is 1. The Labute approximate surface area is 136 Å². The van der Waals surface area contributed by atoms with Gasteiger partial charge in [0, 0.05) is 17.5 Å². The second kappa shape index (κ2) is 7.38. The quantitative estimate of drug-likeness (QED) is 0.857. The minimum atomic E-state index is -0.429. The van der Waals surface area contributed by atoms with E-state index in [9.17, 15) is 5.11 Å². The summed E-state index contributed by atoms with van der Waals surface area (Å²) in [7, 11) is 0. The molecule has 0 aliphatic carbocycles. The number of hydrogen-bond acceptors (Lipinski definition) is 4. The van der Waals surface area contributed by atoms with E-state index < -0.39 is 6.10 Å². The van der Waals surface area contributed by atoms with Crippen molar-refractivity contribution in [2.45, 2.75) is 38.0 Å². The SMILES string of the molecule is CC(CC1OCCc2ccccc21)NCC(O)c1cccs1. The van der Waals surface area contributed by atoms with E-state index in [0.717, 1.165) is 24.3 Å². The van der Waals surface area contributed by atoms with Gasteiger partial charge in [0.15, 0.2) is 0 Å². The molecule has 2 aromatic rings. The van der Waals surface area contributed by atoms with E-state index in [1.165, 1.54) is 11.1 Å². The topological polar surface area (TPSA) is 41.5 Å². The molecule has 0 bridgehead atoms. The maximum Gasteiger partial charge on any atom is 0.101 e. The lowest BCUT2D eigenvalue weighted by Crippen LogP contribution is -2.33. The fourth-order valence-electron chi connectivity index (χ4n) is 2.97. The van der Waals surface area contributed by atoms with Gasteiger partial charge in [-0.15, -0.1) is 11.3 Å². The average molecular weight is 317 g/mol. The highest BCUT2D eigenvalue weighted by molar-refractivity contribution is 7.10. The van der Waals surface area contributed by atoms with Crippen LogP contribution in [0.3, 0.4) is 0 Å². The summed E-state index contributed by atoms with van der Waals surface area (Å²) in [4.78, 5) is 1.01. The van der Waals surface area contributed by atoms with Crippen molar-refractivity contribution in [3.63, 3.8) is 0 Å². The van der Waals surface area contributed by atoms with Crippen molar-refractivity contribution in [2.75, 3.05) is 13.2 Å². The zero-order chi connectivity index (χ0) is 15.4. The summed E-state index contributed by atoms with van der Waals surface area (Å²) in [5.74, 6) is 0. The van der Waals surface area contributed by atoms with Gasteiger partial charge in [-0.1, -0.05) is 30.3 Å². The van der Waals surface area contributed by atoms with Crippen molar-refractivity contribution in [2.24, 2.45) is 0 Å². The van der Waals surface area contributed by atoms with E-state index in [1.54, 1.807) is 11.3 Å². The van der Waals surface area contributed by atoms with Gasteiger partial charge in [-0.05, 0) is 42.3 Å². The molecule has 0 fully saturated rings. The summed E-state index contributed by atoms with van der Waals surface area (Å²) in [5, 5.41) is 15.6. The highest BCUT2D eigenvalue weighted by Gasteiger charge is 2.22. The molecule has 2 N–H and O–H groups in total. The molecule has 0 saturated heterocycles. The van der Waals surface area contributed by atoms with Crippen LogP contribution in [0.5, 0.6) is 0 Å². The standard InChI is InChI=1S/C18H23NO2S/c1-13(19-12-16(20)18-7-4-10-22-18)11-17-15-6-3-2-5-14(15)8-9-21-17/h2-7,10,13,16-17,19-20H,8-9,11-12H2,1H3. The van der Waals surface area contributed by atoms with Crippen molar-refractivity contribution in [3.8, 4) is 0 Å². The third kappa shape index (κ3) is 3.76. The normalized spacial score (nSPS) is 20.4. The Kier molecular flexibility index (Phi) is 5.26. The van der Waals surface area contributed by atoms with Gasteiger partial charge in [0.1, 0.15) is 6.10 Å². The van der Waals surface area contributed by atoms with Crippen LogP contribution < -0.4 is 5.32 Å². The van der Waals surface area contributed by atoms with Crippen molar-refractivity contribution in [3.05, 3.63) is 57.8 Å². The molecule has 3 unspecified atom stereocenters. The van der Waals surface area contributed by atoms with Crippen molar-refractivity contribution in [1.82, 2.24) is 5.32 Å². The molecule has 22 heavy (non-hydrogen) atoms. The van der Waals surface area contributed by atoms with E-state index in [2.05, 4.69) is 36.5 Å². The first-order valence-electron chi connectivity index (χ1n) is 7.88. The summed E-state index contributed by atoms with van der Waals surface area (Å²) in [6, 6.07) is 12.8. The molecule has 2 heterocycles. The fourth-order valence-corrected chi connectivity index (χ4v) is 3.68. The highest BCUT2D eigenvalue weighted by atomic mass is 32.1. The van der Waals surface area contributed by atoms with Gasteiger partial charge < -0.3 is 15.2 Å². The minimum Gasteiger partial charge on any atom is -0.386 e. The third-order valence-corrected chi connectivity index (χ3v) is 5.16. The van der Waals surface area contributed by atoms with Crippen LogP contribution in [0, 0.1) is 0 Å². The molecule has 1 aliphatic heterocycles. The van der Waals surface area contributed by atoms with Crippen LogP contribution >= 0.6 is 11.3 Å². The first kappa shape index (κ1) is 15.7. The smallest absolute Gasteiger partial charge is 0.101 e. The van der Waals surface area contributed by atoms with Crippen LogP contribution in [0.2, 0.25) is 0 Å². The molecule has 0 radical (unpaired) electrons. The van der Waals surface area contributed by atoms with Gasteiger partial charge in [0.05, 0.1) is 12.7 Å². The van der Waals surface area contributed by atoms with Crippen LogP contribution in [0.15, 0.2) is 41.8 Å². The zero-order valence-corrected chi connectivity index (χ0v) is 13.7. The largest absolute Gasteiger partial charge is 0.386 e.